The van der Waals surface area contributed by atoms with Gasteiger partial charge in [-0.15, -0.1) is 0 Å². The Morgan fingerprint density at radius 2 is 1.54 bits per heavy atom. The molecule has 2 aromatic carbocycles. The zero-order chi connectivity index (χ0) is 19.3. The van der Waals surface area contributed by atoms with E-state index in [-0.39, 0.29) is 5.82 Å². The molecule has 1 aliphatic rings. The van der Waals surface area contributed by atoms with E-state index in [4.69, 9.17) is 0 Å². The summed E-state index contributed by atoms with van der Waals surface area (Å²) in [5.74, 6) is 1.50. The fourth-order valence-corrected chi connectivity index (χ4v) is 3.45. The molecular weight excluding hydrogens is 353 g/mol. The summed E-state index contributed by atoms with van der Waals surface area (Å²) in [6.07, 6.45) is 3.85. The molecule has 0 unspecified atom stereocenters. The molecule has 144 valence electrons. The van der Waals surface area contributed by atoms with Crippen LogP contribution in [0.15, 0.2) is 54.6 Å². The Balaban J connectivity index is 1.48. The summed E-state index contributed by atoms with van der Waals surface area (Å²) in [7, 11) is 0. The Hall–Kier alpha value is -3.15. The van der Waals surface area contributed by atoms with Crippen molar-refractivity contribution >= 4 is 28.7 Å². The monoisotopic (exact) mass is 377 g/mol. The van der Waals surface area contributed by atoms with Crippen LogP contribution >= 0.6 is 0 Å². The van der Waals surface area contributed by atoms with Gasteiger partial charge in [-0.3, -0.25) is 0 Å². The second kappa shape index (κ2) is 8.25. The Bertz CT molecular complexity index is 936. The van der Waals surface area contributed by atoms with Crippen molar-refractivity contribution in [2.45, 2.75) is 26.2 Å². The fraction of sp³-hybridized carbons (Fsp3) is 0.273. The third kappa shape index (κ3) is 4.39. The Kier molecular flexibility index (Phi) is 5.37. The highest BCUT2D eigenvalue weighted by Gasteiger charge is 2.11. The maximum Gasteiger partial charge on any atom is 0.146 e. The van der Waals surface area contributed by atoms with Crippen LogP contribution in [0.2, 0.25) is 0 Å². The lowest BCUT2D eigenvalue weighted by Gasteiger charge is -2.28. The van der Waals surface area contributed by atoms with Crippen molar-refractivity contribution in [3.8, 4) is 0 Å². The Morgan fingerprint density at radius 1 is 0.857 bits per heavy atom. The first-order valence-electron chi connectivity index (χ1n) is 9.67. The summed E-state index contributed by atoms with van der Waals surface area (Å²) < 4.78 is 13.9. The minimum atomic E-state index is -0.318. The third-order valence-electron chi connectivity index (χ3n) is 4.84. The number of benzene rings is 2. The molecule has 0 atom stereocenters. The summed E-state index contributed by atoms with van der Waals surface area (Å²) in [5.41, 5.74) is 2.60. The highest BCUT2D eigenvalue weighted by Crippen LogP contribution is 2.25. The van der Waals surface area contributed by atoms with E-state index in [0.717, 1.165) is 18.8 Å². The second-order valence-corrected chi connectivity index (χ2v) is 7.01. The number of hydrogen-bond acceptors (Lipinski definition) is 5. The minimum Gasteiger partial charge on any atom is -0.372 e. The van der Waals surface area contributed by atoms with Gasteiger partial charge >= 0.3 is 0 Å². The topological polar surface area (TPSA) is 53.1 Å². The first-order chi connectivity index (χ1) is 13.7. The first kappa shape index (κ1) is 18.2. The number of aryl methyl sites for hydroxylation is 1. The SMILES string of the molecule is Cc1nc(Nc2ccc(N3CCCCC3)cc2)cc(Nc2ccccc2F)n1. The quantitative estimate of drug-likeness (QED) is 0.623. The third-order valence-corrected chi connectivity index (χ3v) is 4.84. The van der Waals surface area contributed by atoms with Gasteiger partial charge in [0.25, 0.3) is 0 Å². The summed E-state index contributed by atoms with van der Waals surface area (Å²) in [4.78, 5) is 11.2. The van der Waals surface area contributed by atoms with E-state index in [1.807, 2.05) is 6.92 Å². The molecule has 0 spiro atoms. The lowest BCUT2D eigenvalue weighted by Crippen LogP contribution is -2.29. The van der Waals surface area contributed by atoms with Crippen LogP contribution in [0.3, 0.4) is 0 Å². The van der Waals surface area contributed by atoms with E-state index in [2.05, 4.69) is 49.8 Å². The van der Waals surface area contributed by atoms with Gasteiger partial charge in [0.2, 0.25) is 0 Å². The number of para-hydroxylation sites is 1. The van der Waals surface area contributed by atoms with E-state index in [9.17, 15) is 4.39 Å². The van der Waals surface area contributed by atoms with Gasteiger partial charge in [0.15, 0.2) is 0 Å². The van der Waals surface area contributed by atoms with Crippen LogP contribution < -0.4 is 15.5 Å². The lowest BCUT2D eigenvalue weighted by molar-refractivity contribution is 0.578. The van der Waals surface area contributed by atoms with Gasteiger partial charge in [-0.2, -0.15) is 0 Å². The standard InChI is InChI=1S/C22H24FN5/c1-16-24-21(15-22(25-16)27-20-8-4-3-7-19(20)23)26-17-9-11-18(12-10-17)28-13-5-2-6-14-28/h3-4,7-12,15H,2,5-6,13-14H2,1H3,(H2,24,25,26,27). The van der Waals surface area contributed by atoms with Gasteiger partial charge in [0, 0.05) is 30.5 Å². The van der Waals surface area contributed by atoms with Crippen LogP contribution in [0.25, 0.3) is 0 Å². The van der Waals surface area contributed by atoms with Crippen LogP contribution in [0, 0.1) is 12.7 Å². The molecule has 1 fully saturated rings. The fourth-order valence-electron chi connectivity index (χ4n) is 3.45. The molecule has 2 N–H and O–H groups in total. The largest absolute Gasteiger partial charge is 0.372 e. The summed E-state index contributed by atoms with van der Waals surface area (Å²) in [5, 5.41) is 6.33. The number of rotatable bonds is 5. The lowest BCUT2D eigenvalue weighted by atomic mass is 10.1. The van der Waals surface area contributed by atoms with Crippen molar-refractivity contribution < 1.29 is 4.39 Å². The molecule has 4 rings (SSSR count). The van der Waals surface area contributed by atoms with Crippen molar-refractivity contribution in [2.75, 3.05) is 28.6 Å². The van der Waals surface area contributed by atoms with Crippen LogP contribution in [-0.2, 0) is 0 Å². The molecule has 3 aromatic rings. The molecule has 0 bridgehead atoms. The van der Waals surface area contributed by atoms with Gasteiger partial charge in [-0.25, -0.2) is 14.4 Å². The molecule has 28 heavy (non-hydrogen) atoms. The first-order valence-corrected chi connectivity index (χ1v) is 9.67. The van der Waals surface area contributed by atoms with Crippen LogP contribution in [-0.4, -0.2) is 23.1 Å². The van der Waals surface area contributed by atoms with Crippen LogP contribution in [0.5, 0.6) is 0 Å². The molecule has 0 saturated carbocycles. The molecule has 2 heterocycles. The highest BCUT2D eigenvalue weighted by atomic mass is 19.1. The van der Waals surface area contributed by atoms with E-state index >= 15 is 0 Å². The zero-order valence-electron chi connectivity index (χ0n) is 16.0. The minimum absolute atomic E-state index is 0.318. The van der Waals surface area contributed by atoms with Gasteiger partial charge in [0.1, 0.15) is 23.3 Å². The van der Waals surface area contributed by atoms with Crippen molar-refractivity contribution in [2.24, 2.45) is 0 Å². The van der Waals surface area contributed by atoms with Crippen molar-refractivity contribution in [1.82, 2.24) is 9.97 Å². The number of anilines is 5. The van der Waals surface area contributed by atoms with E-state index in [1.54, 1.807) is 24.3 Å². The van der Waals surface area contributed by atoms with Gasteiger partial charge in [0.05, 0.1) is 5.69 Å². The number of piperidine rings is 1. The maximum absolute atomic E-state index is 13.9. The van der Waals surface area contributed by atoms with Crippen molar-refractivity contribution in [3.05, 3.63) is 66.2 Å². The smallest absolute Gasteiger partial charge is 0.146 e. The average Bonchev–Trinajstić information content (AvgIpc) is 2.71. The number of nitrogens with zero attached hydrogens (tertiary/aromatic N) is 3. The van der Waals surface area contributed by atoms with Gasteiger partial charge in [-0.1, -0.05) is 12.1 Å². The Morgan fingerprint density at radius 3 is 2.25 bits per heavy atom. The molecule has 0 aliphatic carbocycles. The van der Waals surface area contributed by atoms with Crippen molar-refractivity contribution in [1.29, 1.82) is 0 Å². The van der Waals surface area contributed by atoms with E-state index in [1.165, 1.54) is 31.0 Å². The number of aromatic nitrogens is 2. The molecule has 6 heteroatoms. The summed E-state index contributed by atoms with van der Waals surface area (Å²) in [6, 6.07) is 16.7. The van der Waals surface area contributed by atoms with Crippen molar-refractivity contribution in [3.63, 3.8) is 0 Å². The van der Waals surface area contributed by atoms with Gasteiger partial charge < -0.3 is 15.5 Å². The number of halogens is 1. The maximum atomic E-state index is 13.9. The molecular formula is C22H24FN5. The average molecular weight is 377 g/mol. The molecule has 1 aliphatic heterocycles. The van der Waals surface area contributed by atoms with Crippen LogP contribution in [0.4, 0.5) is 33.1 Å². The predicted molar refractivity (Wildman–Crippen MR) is 112 cm³/mol. The number of hydrogen-bond donors (Lipinski definition) is 2. The highest BCUT2D eigenvalue weighted by molar-refractivity contribution is 5.65. The molecule has 1 saturated heterocycles. The second-order valence-electron chi connectivity index (χ2n) is 7.01. The number of nitrogens with one attached hydrogen (secondary N) is 2. The Labute approximate surface area is 164 Å². The molecule has 5 nitrogen and oxygen atoms in total. The van der Waals surface area contributed by atoms with Crippen LogP contribution in [0.1, 0.15) is 25.1 Å². The molecule has 1 aromatic heterocycles. The predicted octanol–water partition coefficient (Wildman–Crippen LogP) is 5.40. The summed E-state index contributed by atoms with van der Waals surface area (Å²) in [6.45, 7) is 4.07. The van der Waals surface area contributed by atoms with E-state index in [0.29, 0.717) is 23.1 Å². The zero-order valence-corrected chi connectivity index (χ0v) is 16.0. The molecule has 0 radical (unpaired) electrons. The van der Waals surface area contributed by atoms with E-state index < -0.39 is 0 Å². The summed E-state index contributed by atoms with van der Waals surface area (Å²) >= 11 is 0. The molecule has 0 amide bonds. The van der Waals surface area contributed by atoms with Gasteiger partial charge in [-0.05, 0) is 62.6 Å². The normalized spacial score (nSPS) is 14.0.